The molecule has 2 rings (SSSR count). The van der Waals surface area contributed by atoms with Gasteiger partial charge in [-0.15, -0.1) is 0 Å². The second-order valence-corrected chi connectivity index (χ2v) is 4.01. The molecule has 3 heteroatoms. The summed E-state index contributed by atoms with van der Waals surface area (Å²) in [5.74, 6) is -0.326. The van der Waals surface area contributed by atoms with Crippen molar-refractivity contribution in [2.45, 2.75) is 25.7 Å². The normalized spacial score (nSPS) is 14.4. The standard InChI is InChI=1S/C12H16N2O/c13-12(15)8-14-11-6-5-9-3-1-2-4-10(9)7-11/h5-7,14H,1-4,8H2,(H2,13,15). The molecule has 1 aliphatic rings. The molecule has 0 spiro atoms. The van der Waals surface area contributed by atoms with Gasteiger partial charge >= 0.3 is 0 Å². The summed E-state index contributed by atoms with van der Waals surface area (Å²) in [6.45, 7) is 0.207. The van der Waals surface area contributed by atoms with E-state index >= 15 is 0 Å². The number of aryl methyl sites for hydroxylation is 2. The van der Waals surface area contributed by atoms with Crippen molar-refractivity contribution in [3.05, 3.63) is 29.3 Å². The van der Waals surface area contributed by atoms with Crippen LogP contribution in [0.1, 0.15) is 24.0 Å². The second kappa shape index (κ2) is 4.34. The van der Waals surface area contributed by atoms with Crippen LogP contribution in [0.5, 0.6) is 0 Å². The van der Waals surface area contributed by atoms with Gasteiger partial charge in [0.05, 0.1) is 6.54 Å². The molecule has 0 radical (unpaired) electrons. The van der Waals surface area contributed by atoms with E-state index in [2.05, 4.69) is 17.4 Å². The van der Waals surface area contributed by atoms with Gasteiger partial charge in [-0.1, -0.05) is 6.07 Å². The lowest BCUT2D eigenvalue weighted by Crippen LogP contribution is -2.21. The zero-order valence-electron chi connectivity index (χ0n) is 8.75. The molecule has 1 aromatic carbocycles. The number of amides is 1. The number of rotatable bonds is 3. The van der Waals surface area contributed by atoms with E-state index in [9.17, 15) is 4.79 Å². The lowest BCUT2D eigenvalue weighted by molar-refractivity contribution is -0.116. The number of nitrogens with one attached hydrogen (secondary N) is 1. The molecule has 1 aliphatic carbocycles. The molecule has 0 aromatic heterocycles. The highest BCUT2D eigenvalue weighted by atomic mass is 16.1. The Labute approximate surface area is 89.7 Å². The molecular formula is C12H16N2O. The minimum Gasteiger partial charge on any atom is -0.376 e. The van der Waals surface area contributed by atoms with Gasteiger partial charge in [0.2, 0.25) is 5.91 Å². The van der Waals surface area contributed by atoms with Gasteiger partial charge < -0.3 is 11.1 Å². The van der Waals surface area contributed by atoms with Crippen molar-refractivity contribution < 1.29 is 4.79 Å². The third kappa shape index (κ3) is 2.49. The fourth-order valence-electron chi connectivity index (χ4n) is 2.03. The first-order chi connectivity index (χ1) is 7.25. The molecule has 0 saturated heterocycles. The zero-order chi connectivity index (χ0) is 10.7. The molecule has 3 N–H and O–H groups in total. The van der Waals surface area contributed by atoms with Gasteiger partial charge in [-0.3, -0.25) is 4.79 Å². The average Bonchev–Trinajstić information content (AvgIpc) is 2.26. The van der Waals surface area contributed by atoms with Crippen molar-refractivity contribution in [2.24, 2.45) is 5.73 Å². The van der Waals surface area contributed by atoms with Gasteiger partial charge in [-0.2, -0.15) is 0 Å². The van der Waals surface area contributed by atoms with Crippen LogP contribution in [0.25, 0.3) is 0 Å². The summed E-state index contributed by atoms with van der Waals surface area (Å²) in [6, 6.07) is 6.31. The Bertz CT molecular complexity index is 374. The van der Waals surface area contributed by atoms with Crippen LogP contribution in [0, 0.1) is 0 Å². The lowest BCUT2D eigenvalue weighted by atomic mass is 9.91. The summed E-state index contributed by atoms with van der Waals surface area (Å²) in [7, 11) is 0. The van der Waals surface area contributed by atoms with E-state index in [-0.39, 0.29) is 12.5 Å². The van der Waals surface area contributed by atoms with E-state index in [0.717, 1.165) is 12.1 Å². The molecule has 80 valence electrons. The second-order valence-electron chi connectivity index (χ2n) is 4.01. The van der Waals surface area contributed by atoms with Crippen LogP contribution in [0.4, 0.5) is 5.69 Å². The van der Waals surface area contributed by atoms with Crippen LogP contribution >= 0.6 is 0 Å². The summed E-state index contributed by atoms with van der Waals surface area (Å²) in [6.07, 6.45) is 4.90. The maximum Gasteiger partial charge on any atom is 0.236 e. The third-order valence-electron chi connectivity index (χ3n) is 2.82. The molecule has 0 saturated carbocycles. The highest BCUT2D eigenvalue weighted by Gasteiger charge is 2.09. The van der Waals surface area contributed by atoms with Crippen molar-refractivity contribution >= 4 is 11.6 Å². The Hall–Kier alpha value is -1.51. The summed E-state index contributed by atoms with van der Waals surface area (Å²) < 4.78 is 0. The van der Waals surface area contributed by atoms with Crippen molar-refractivity contribution in [3.8, 4) is 0 Å². The van der Waals surface area contributed by atoms with E-state index in [1.165, 1.54) is 30.4 Å². The number of nitrogens with two attached hydrogens (primary N) is 1. The molecule has 0 heterocycles. The summed E-state index contributed by atoms with van der Waals surface area (Å²) in [4.78, 5) is 10.6. The lowest BCUT2D eigenvalue weighted by Gasteiger charge is -2.16. The molecular weight excluding hydrogens is 188 g/mol. The van der Waals surface area contributed by atoms with Crippen molar-refractivity contribution in [1.29, 1.82) is 0 Å². The number of hydrogen-bond acceptors (Lipinski definition) is 2. The average molecular weight is 204 g/mol. The number of primary amides is 1. The summed E-state index contributed by atoms with van der Waals surface area (Å²) in [5.41, 5.74) is 8.93. The first-order valence-corrected chi connectivity index (χ1v) is 5.40. The van der Waals surface area contributed by atoms with Gasteiger partial charge in [-0.25, -0.2) is 0 Å². The van der Waals surface area contributed by atoms with Gasteiger partial charge in [0, 0.05) is 5.69 Å². The fourth-order valence-corrected chi connectivity index (χ4v) is 2.03. The Morgan fingerprint density at radius 2 is 2.00 bits per heavy atom. The van der Waals surface area contributed by atoms with Gasteiger partial charge in [-0.05, 0) is 48.9 Å². The molecule has 0 fully saturated rings. The van der Waals surface area contributed by atoms with Crippen LogP contribution in [0.15, 0.2) is 18.2 Å². The SMILES string of the molecule is NC(=O)CNc1ccc2c(c1)CCCC2. The number of benzene rings is 1. The predicted molar refractivity (Wildman–Crippen MR) is 60.8 cm³/mol. The first-order valence-electron chi connectivity index (χ1n) is 5.40. The van der Waals surface area contributed by atoms with E-state index in [0.29, 0.717) is 0 Å². The monoisotopic (exact) mass is 204 g/mol. The number of fused-ring (bicyclic) bond motifs is 1. The molecule has 3 nitrogen and oxygen atoms in total. The van der Waals surface area contributed by atoms with E-state index in [4.69, 9.17) is 5.73 Å². The van der Waals surface area contributed by atoms with Crippen LogP contribution in [0.3, 0.4) is 0 Å². The van der Waals surface area contributed by atoms with Crippen LogP contribution in [-0.4, -0.2) is 12.5 Å². The van der Waals surface area contributed by atoms with Crippen molar-refractivity contribution in [2.75, 3.05) is 11.9 Å². The Morgan fingerprint density at radius 3 is 2.73 bits per heavy atom. The molecule has 0 atom stereocenters. The number of carbonyl (C=O) groups is 1. The third-order valence-corrected chi connectivity index (χ3v) is 2.82. The molecule has 0 aliphatic heterocycles. The van der Waals surface area contributed by atoms with Crippen LogP contribution in [-0.2, 0) is 17.6 Å². The topological polar surface area (TPSA) is 55.1 Å². The van der Waals surface area contributed by atoms with Gasteiger partial charge in [0.25, 0.3) is 0 Å². The molecule has 1 aromatic rings. The minimum absolute atomic E-state index is 0.207. The fraction of sp³-hybridized carbons (Fsp3) is 0.417. The van der Waals surface area contributed by atoms with Crippen molar-refractivity contribution in [1.82, 2.24) is 0 Å². The van der Waals surface area contributed by atoms with Crippen LogP contribution in [0.2, 0.25) is 0 Å². The van der Waals surface area contributed by atoms with Gasteiger partial charge in [0.15, 0.2) is 0 Å². The Kier molecular flexibility index (Phi) is 2.90. The van der Waals surface area contributed by atoms with Gasteiger partial charge in [0.1, 0.15) is 0 Å². The van der Waals surface area contributed by atoms with Crippen molar-refractivity contribution in [3.63, 3.8) is 0 Å². The number of hydrogen-bond donors (Lipinski definition) is 2. The smallest absolute Gasteiger partial charge is 0.236 e. The zero-order valence-corrected chi connectivity index (χ0v) is 8.75. The summed E-state index contributed by atoms with van der Waals surface area (Å²) in [5, 5.41) is 3.02. The first kappa shape index (κ1) is 10.0. The van der Waals surface area contributed by atoms with E-state index < -0.39 is 0 Å². The summed E-state index contributed by atoms with van der Waals surface area (Å²) >= 11 is 0. The highest BCUT2D eigenvalue weighted by Crippen LogP contribution is 2.23. The molecule has 15 heavy (non-hydrogen) atoms. The maximum atomic E-state index is 10.6. The Morgan fingerprint density at radius 1 is 1.27 bits per heavy atom. The molecule has 0 bridgehead atoms. The predicted octanol–water partition coefficient (Wildman–Crippen LogP) is 1.46. The Balaban J connectivity index is 2.10. The van der Waals surface area contributed by atoms with Crippen LogP contribution < -0.4 is 11.1 Å². The maximum absolute atomic E-state index is 10.6. The number of anilines is 1. The van der Waals surface area contributed by atoms with E-state index in [1.807, 2.05) is 6.07 Å². The largest absolute Gasteiger partial charge is 0.376 e. The molecule has 0 unspecified atom stereocenters. The quantitative estimate of drug-likeness (QED) is 0.783. The number of carbonyl (C=O) groups excluding carboxylic acids is 1. The minimum atomic E-state index is -0.326. The molecule has 1 amide bonds. The highest BCUT2D eigenvalue weighted by molar-refractivity contribution is 5.78. The van der Waals surface area contributed by atoms with E-state index in [1.54, 1.807) is 0 Å².